The van der Waals surface area contributed by atoms with Crippen molar-refractivity contribution in [2.24, 2.45) is 29.6 Å². The van der Waals surface area contributed by atoms with Gasteiger partial charge in [-0.1, -0.05) is 69.5 Å². The molecule has 0 spiro atoms. The molecule has 0 saturated heterocycles. The quantitative estimate of drug-likeness (QED) is 0.318. The highest BCUT2D eigenvalue weighted by Crippen LogP contribution is 2.36. The summed E-state index contributed by atoms with van der Waals surface area (Å²) in [6.45, 7) is 5.57. The Morgan fingerprint density at radius 1 is 1.06 bits per heavy atom. The van der Waals surface area contributed by atoms with Gasteiger partial charge >= 0.3 is 0 Å². The molecule has 0 aliphatic heterocycles. The van der Waals surface area contributed by atoms with Crippen LogP contribution >= 0.6 is 0 Å². The van der Waals surface area contributed by atoms with Crippen LogP contribution in [0.15, 0.2) is 42.5 Å². The van der Waals surface area contributed by atoms with Crippen LogP contribution in [0.2, 0.25) is 0 Å². The van der Waals surface area contributed by atoms with Gasteiger partial charge in [0.25, 0.3) is 0 Å². The van der Waals surface area contributed by atoms with Gasteiger partial charge in [-0.2, -0.15) is 0 Å². The number of hydrogen-bond acceptors (Lipinski definition) is 2. The van der Waals surface area contributed by atoms with Gasteiger partial charge in [-0.25, -0.2) is 0 Å². The largest absolute Gasteiger partial charge is 0.356 e. The minimum absolute atomic E-state index is 0.174. The highest BCUT2D eigenvalue weighted by Gasteiger charge is 2.33. The summed E-state index contributed by atoms with van der Waals surface area (Å²) in [6, 6.07) is 10.7. The first-order valence-corrected chi connectivity index (χ1v) is 13.1. The highest BCUT2D eigenvalue weighted by atomic mass is 16.1. The summed E-state index contributed by atoms with van der Waals surface area (Å²) < 4.78 is 0. The maximum Gasteiger partial charge on any atom is 0.220 e. The minimum Gasteiger partial charge on any atom is -0.356 e. The van der Waals surface area contributed by atoms with Crippen molar-refractivity contribution < 1.29 is 9.59 Å². The fourth-order valence-electron chi connectivity index (χ4n) is 5.21. The van der Waals surface area contributed by atoms with Crippen LogP contribution in [0.5, 0.6) is 0 Å². The van der Waals surface area contributed by atoms with Crippen LogP contribution in [0.3, 0.4) is 0 Å². The van der Waals surface area contributed by atoms with Gasteiger partial charge < -0.3 is 5.32 Å². The smallest absolute Gasteiger partial charge is 0.220 e. The van der Waals surface area contributed by atoms with Crippen LogP contribution in [-0.2, 0) is 16.0 Å². The number of allylic oxidation sites excluding steroid dienone is 2. The van der Waals surface area contributed by atoms with Crippen molar-refractivity contribution in [2.75, 3.05) is 6.54 Å². The summed E-state index contributed by atoms with van der Waals surface area (Å²) in [5.41, 5.74) is 1.42. The van der Waals surface area contributed by atoms with Crippen LogP contribution in [0.1, 0.15) is 83.6 Å². The monoisotopic (exact) mass is 437 g/mol. The molecule has 0 radical (unpaired) electrons. The first-order chi connectivity index (χ1) is 15.5. The first-order valence-electron chi connectivity index (χ1n) is 13.1. The molecule has 4 atom stereocenters. The lowest BCUT2D eigenvalue weighted by molar-refractivity contribution is -0.121. The molecule has 1 aromatic carbocycles. The van der Waals surface area contributed by atoms with Crippen molar-refractivity contribution in [3.05, 3.63) is 48.0 Å². The molecular weight excluding hydrogens is 394 g/mol. The topological polar surface area (TPSA) is 46.2 Å². The number of carbonyl (C=O) groups excluding carboxylic acids is 2. The summed E-state index contributed by atoms with van der Waals surface area (Å²) in [5, 5.41) is 3.05. The van der Waals surface area contributed by atoms with E-state index in [0.717, 1.165) is 51.0 Å². The normalized spacial score (nSPS) is 22.1. The number of amides is 1. The molecule has 0 aromatic heterocycles. The van der Waals surface area contributed by atoms with Gasteiger partial charge in [-0.3, -0.25) is 9.59 Å². The molecule has 0 bridgehead atoms. The summed E-state index contributed by atoms with van der Waals surface area (Å²) in [7, 11) is 0. The van der Waals surface area contributed by atoms with Crippen LogP contribution in [-0.4, -0.2) is 18.2 Å². The van der Waals surface area contributed by atoms with E-state index in [2.05, 4.69) is 55.6 Å². The summed E-state index contributed by atoms with van der Waals surface area (Å²) in [5.74, 6) is 3.08. The van der Waals surface area contributed by atoms with Crippen LogP contribution in [0.4, 0.5) is 0 Å². The molecule has 4 unspecified atom stereocenters. The SMILES string of the molecule is CC(CCc1ccccc1)CC(C)C1C=CC(=O)C1CCCCCCC(=O)NCC1CC1. The van der Waals surface area contributed by atoms with E-state index in [1.165, 1.54) is 31.2 Å². The van der Waals surface area contributed by atoms with E-state index >= 15 is 0 Å². The zero-order valence-corrected chi connectivity index (χ0v) is 20.2. The Labute approximate surface area is 195 Å². The van der Waals surface area contributed by atoms with Gasteiger partial charge in [0.05, 0.1) is 0 Å². The van der Waals surface area contributed by atoms with Crippen molar-refractivity contribution in [3.63, 3.8) is 0 Å². The molecule has 176 valence electrons. The second-order valence-electron chi connectivity index (χ2n) is 10.5. The zero-order chi connectivity index (χ0) is 22.8. The van der Waals surface area contributed by atoms with Crippen molar-refractivity contribution in [2.45, 2.75) is 84.5 Å². The Morgan fingerprint density at radius 2 is 1.81 bits per heavy atom. The second kappa shape index (κ2) is 13.0. The van der Waals surface area contributed by atoms with Gasteiger partial charge in [0.1, 0.15) is 0 Å². The molecular formula is C29H43NO2. The molecule has 1 N–H and O–H groups in total. The Kier molecular flexibility index (Phi) is 10.0. The summed E-state index contributed by atoms with van der Waals surface area (Å²) >= 11 is 0. The minimum atomic E-state index is 0.174. The Morgan fingerprint density at radius 3 is 2.56 bits per heavy atom. The first kappa shape index (κ1) is 24.7. The van der Waals surface area contributed by atoms with Crippen molar-refractivity contribution in [3.8, 4) is 0 Å². The molecule has 1 amide bonds. The van der Waals surface area contributed by atoms with Crippen LogP contribution in [0, 0.1) is 29.6 Å². The van der Waals surface area contributed by atoms with E-state index < -0.39 is 0 Å². The molecule has 2 aliphatic rings. The van der Waals surface area contributed by atoms with Crippen molar-refractivity contribution in [1.29, 1.82) is 0 Å². The number of aryl methyl sites for hydroxylation is 1. The molecule has 32 heavy (non-hydrogen) atoms. The molecule has 2 aliphatic carbocycles. The summed E-state index contributed by atoms with van der Waals surface area (Å²) in [6.07, 6.45) is 16.0. The lowest BCUT2D eigenvalue weighted by Crippen LogP contribution is -2.25. The number of ketones is 1. The van der Waals surface area contributed by atoms with E-state index in [-0.39, 0.29) is 11.8 Å². The third-order valence-electron chi connectivity index (χ3n) is 7.47. The Bertz CT molecular complexity index is 737. The molecule has 1 fully saturated rings. The number of benzene rings is 1. The van der Waals surface area contributed by atoms with Crippen molar-refractivity contribution >= 4 is 11.7 Å². The van der Waals surface area contributed by atoms with Gasteiger partial charge in [-0.15, -0.1) is 0 Å². The fourth-order valence-corrected chi connectivity index (χ4v) is 5.21. The number of unbranched alkanes of at least 4 members (excludes halogenated alkanes) is 3. The average Bonchev–Trinajstić information content (AvgIpc) is 3.55. The second-order valence-corrected chi connectivity index (χ2v) is 10.5. The number of hydrogen-bond donors (Lipinski definition) is 1. The third kappa shape index (κ3) is 8.56. The lowest BCUT2D eigenvalue weighted by Gasteiger charge is -2.27. The molecule has 1 saturated carbocycles. The lowest BCUT2D eigenvalue weighted by atomic mass is 9.77. The number of carbonyl (C=O) groups is 2. The van der Waals surface area contributed by atoms with Gasteiger partial charge in [0.2, 0.25) is 5.91 Å². The molecule has 3 rings (SSSR count). The predicted octanol–water partition coefficient (Wildman–Crippen LogP) is 6.52. The average molecular weight is 438 g/mol. The maximum absolute atomic E-state index is 12.5. The molecule has 3 heteroatoms. The Balaban J connectivity index is 1.30. The Hall–Kier alpha value is -1.90. The molecule has 1 aromatic rings. The predicted molar refractivity (Wildman–Crippen MR) is 132 cm³/mol. The number of rotatable bonds is 15. The van der Waals surface area contributed by atoms with Crippen molar-refractivity contribution in [1.82, 2.24) is 5.32 Å². The van der Waals surface area contributed by atoms with Gasteiger partial charge in [0.15, 0.2) is 5.78 Å². The van der Waals surface area contributed by atoms with Gasteiger partial charge in [-0.05, 0) is 80.3 Å². The molecule has 0 heterocycles. The fraction of sp³-hybridized carbons (Fsp3) is 0.655. The third-order valence-corrected chi connectivity index (χ3v) is 7.47. The van der Waals surface area contributed by atoms with E-state index in [1.54, 1.807) is 0 Å². The van der Waals surface area contributed by atoms with Crippen LogP contribution in [0.25, 0.3) is 0 Å². The summed E-state index contributed by atoms with van der Waals surface area (Å²) in [4.78, 5) is 24.3. The molecule has 3 nitrogen and oxygen atoms in total. The van der Waals surface area contributed by atoms with E-state index in [1.807, 2.05) is 6.08 Å². The highest BCUT2D eigenvalue weighted by molar-refractivity contribution is 5.94. The zero-order valence-electron chi connectivity index (χ0n) is 20.2. The van der Waals surface area contributed by atoms with E-state index in [4.69, 9.17) is 0 Å². The standard InChI is InChI=1S/C29H43NO2/c1-22(14-15-24-10-6-5-7-11-24)20-23(2)26-18-19-28(31)27(26)12-8-3-4-9-13-29(32)30-21-25-16-17-25/h5-7,10-11,18-19,22-23,25-27H,3-4,8-9,12-17,20-21H2,1-2H3,(H,30,32). The van der Waals surface area contributed by atoms with E-state index in [9.17, 15) is 9.59 Å². The maximum atomic E-state index is 12.5. The number of nitrogens with one attached hydrogen (secondary N) is 1. The van der Waals surface area contributed by atoms with Crippen LogP contribution < -0.4 is 5.32 Å². The van der Waals surface area contributed by atoms with Gasteiger partial charge in [0, 0.05) is 18.9 Å². The van der Waals surface area contributed by atoms with E-state index in [0.29, 0.717) is 30.0 Å².